The number of aromatic nitrogens is 1. The molecule has 0 aliphatic rings. The van der Waals surface area contributed by atoms with Crippen LogP contribution in [0.4, 0.5) is 0 Å². The maximum atomic E-state index is 10.5. The number of benzene rings is 1. The van der Waals surface area contributed by atoms with Crippen molar-refractivity contribution in [3.63, 3.8) is 0 Å². The predicted molar refractivity (Wildman–Crippen MR) is 70.3 cm³/mol. The number of hydrogen-bond acceptors (Lipinski definition) is 4. The molecule has 2 aromatic rings. The fourth-order valence-corrected chi connectivity index (χ4v) is 2.28. The zero-order valence-corrected chi connectivity index (χ0v) is 10.4. The lowest BCUT2D eigenvalue weighted by Crippen LogP contribution is -1.86. The minimum Gasteiger partial charge on any atom is -0.298 e. The smallest absolute Gasteiger partial charge is 0.150 e. The standard InChI is InChI=1S/C14H10N2OS/c15-8-13-7-12(5-6-16-13)10-18-14-3-1-11(9-17)2-4-14/h1-7,9H,10H2. The number of rotatable bonds is 4. The summed E-state index contributed by atoms with van der Waals surface area (Å²) in [6, 6.07) is 13.1. The van der Waals surface area contributed by atoms with Crippen molar-refractivity contribution in [3.05, 3.63) is 59.4 Å². The number of aldehydes is 1. The van der Waals surface area contributed by atoms with Gasteiger partial charge >= 0.3 is 0 Å². The monoisotopic (exact) mass is 254 g/mol. The second kappa shape index (κ2) is 5.99. The number of carbonyl (C=O) groups excluding carboxylic acids is 1. The van der Waals surface area contributed by atoms with Crippen molar-refractivity contribution in [2.75, 3.05) is 0 Å². The minimum atomic E-state index is 0.435. The maximum Gasteiger partial charge on any atom is 0.150 e. The second-order valence-electron chi connectivity index (χ2n) is 3.64. The molecule has 0 aliphatic carbocycles. The van der Waals surface area contributed by atoms with Crippen LogP contribution >= 0.6 is 11.8 Å². The van der Waals surface area contributed by atoms with Gasteiger partial charge in [0.25, 0.3) is 0 Å². The predicted octanol–water partition coefficient (Wildman–Crippen LogP) is 3.06. The number of pyridine rings is 1. The molecule has 88 valence electrons. The Morgan fingerprint density at radius 3 is 2.72 bits per heavy atom. The average Bonchev–Trinajstić information content (AvgIpc) is 2.46. The van der Waals surface area contributed by atoms with Gasteiger partial charge in [-0.25, -0.2) is 4.98 Å². The number of nitrogens with zero attached hydrogens (tertiary/aromatic N) is 2. The maximum absolute atomic E-state index is 10.5. The van der Waals surface area contributed by atoms with E-state index in [2.05, 4.69) is 4.98 Å². The van der Waals surface area contributed by atoms with Gasteiger partial charge in [0.05, 0.1) is 0 Å². The number of carbonyl (C=O) groups is 1. The van der Waals surface area contributed by atoms with Crippen LogP contribution in [0.1, 0.15) is 21.6 Å². The highest BCUT2D eigenvalue weighted by Crippen LogP contribution is 2.22. The first-order valence-corrected chi connectivity index (χ1v) is 6.33. The van der Waals surface area contributed by atoms with Crippen LogP contribution in [-0.2, 0) is 5.75 Å². The lowest BCUT2D eigenvalue weighted by Gasteiger charge is -2.02. The van der Waals surface area contributed by atoms with Crippen molar-refractivity contribution < 1.29 is 4.79 Å². The molecule has 0 radical (unpaired) electrons. The van der Waals surface area contributed by atoms with E-state index in [-0.39, 0.29) is 0 Å². The molecular weight excluding hydrogens is 244 g/mol. The Morgan fingerprint density at radius 2 is 2.06 bits per heavy atom. The van der Waals surface area contributed by atoms with E-state index < -0.39 is 0 Å². The Hall–Kier alpha value is -2.12. The zero-order chi connectivity index (χ0) is 12.8. The van der Waals surface area contributed by atoms with Gasteiger partial charge in [-0.05, 0) is 29.8 Å². The Kier molecular flexibility index (Phi) is 4.11. The van der Waals surface area contributed by atoms with Crippen LogP contribution in [0.3, 0.4) is 0 Å². The van der Waals surface area contributed by atoms with Crippen molar-refractivity contribution in [2.24, 2.45) is 0 Å². The fourth-order valence-electron chi connectivity index (χ4n) is 1.43. The van der Waals surface area contributed by atoms with Crippen LogP contribution in [0.5, 0.6) is 0 Å². The molecule has 18 heavy (non-hydrogen) atoms. The summed E-state index contributed by atoms with van der Waals surface area (Å²) in [7, 11) is 0. The van der Waals surface area contributed by atoms with Crippen LogP contribution in [0.2, 0.25) is 0 Å². The number of nitriles is 1. The van der Waals surface area contributed by atoms with Crippen molar-refractivity contribution >= 4 is 18.0 Å². The van der Waals surface area contributed by atoms with Gasteiger partial charge in [0.15, 0.2) is 0 Å². The molecule has 0 N–H and O–H groups in total. The Bertz CT molecular complexity index is 587. The lowest BCUT2D eigenvalue weighted by atomic mass is 10.2. The molecule has 1 aromatic carbocycles. The van der Waals surface area contributed by atoms with Gasteiger partial charge in [-0.2, -0.15) is 5.26 Å². The van der Waals surface area contributed by atoms with E-state index >= 15 is 0 Å². The normalized spacial score (nSPS) is 9.72. The van der Waals surface area contributed by atoms with Gasteiger partial charge in [-0.3, -0.25) is 4.79 Å². The zero-order valence-electron chi connectivity index (χ0n) is 9.54. The van der Waals surface area contributed by atoms with E-state index in [1.54, 1.807) is 36.2 Å². The SMILES string of the molecule is N#Cc1cc(CSc2ccc(C=O)cc2)ccn1. The Balaban J connectivity index is 2.02. The van der Waals surface area contributed by atoms with E-state index in [1.165, 1.54) is 0 Å². The van der Waals surface area contributed by atoms with Gasteiger partial charge in [-0.1, -0.05) is 12.1 Å². The van der Waals surface area contributed by atoms with E-state index in [0.29, 0.717) is 11.3 Å². The van der Waals surface area contributed by atoms with Gasteiger partial charge < -0.3 is 0 Å². The summed E-state index contributed by atoms with van der Waals surface area (Å²) in [5.74, 6) is 0.775. The third kappa shape index (κ3) is 3.19. The second-order valence-corrected chi connectivity index (χ2v) is 4.69. The molecule has 0 bridgehead atoms. The largest absolute Gasteiger partial charge is 0.298 e. The quantitative estimate of drug-likeness (QED) is 0.621. The first-order valence-electron chi connectivity index (χ1n) is 5.35. The van der Waals surface area contributed by atoms with Crippen molar-refractivity contribution in [1.82, 2.24) is 4.98 Å². The summed E-state index contributed by atoms with van der Waals surface area (Å²) in [6.45, 7) is 0. The molecule has 0 spiro atoms. The van der Waals surface area contributed by atoms with E-state index in [1.807, 2.05) is 24.3 Å². The topological polar surface area (TPSA) is 53.8 Å². The van der Waals surface area contributed by atoms with Crippen LogP contribution in [-0.4, -0.2) is 11.3 Å². The van der Waals surface area contributed by atoms with E-state index in [4.69, 9.17) is 5.26 Å². The molecule has 1 heterocycles. The van der Waals surface area contributed by atoms with Crippen LogP contribution in [0.25, 0.3) is 0 Å². The first kappa shape index (κ1) is 12.3. The van der Waals surface area contributed by atoms with Crippen molar-refractivity contribution in [2.45, 2.75) is 10.6 Å². The minimum absolute atomic E-state index is 0.435. The Labute approximate surface area is 109 Å². The lowest BCUT2D eigenvalue weighted by molar-refractivity contribution is 0.112. The van der Waals surface area contributed by atoms with Crippen LogP contribution in [0, 0.1) is 11.3 Å². The van der Waals surface area contributed by atoms with Crippen molar-refractivity contribution in [1.29, 1.82) is 5.26 Å². The van der Waals surface area contributed by atoms with E-state index in [9.17, 15) is 4.79 Å². The molecule has 4 heteroatoms. The average molecular weight is 254 g/mol. The number of thioether (sulfide) groups is 1. The highest BCUT2D eigenvalue weighted by Gasteiger charge is 1.99. The van der Waals surface area contributed by atoms with Crippen LogP contribution < -0.4 is 0 Å². The molecule has 3 nitrogen and oxygen atoms in total. The van der Waals surface area contributed by atoms with Gasteiger partial charge in [0, 0.05) is 22.4 Å². The highest BCUT2D eigenvalue weighted by atomic mass is 32.2. The first-order chi connectivity index (χ1) is 8.81. The molecule has 0 amide bonds. The molecular formula is C14H10N2OS. The summed E-state index contributed by atoms with van der Waals surface area (Å²) in [5.41, 5.74) is 2.17. The highest BCUT2D eigenvalue weighted by molar-refractivity contribution is 7.98. The van der Waals surface area contributed by atoms with Crippen LogP contribution in [0.15, 0.2) is 47.5 Å². The third-order valence-corrected chi connectivity index (χ3v) is 3.44. The number of hydrogen-bond donors (Lipinski definition) is 0. The summed E-state index contributed by atoms with van der Waals surface area (Å²) in [4.78, 5) is 15.5. The Morgan fingerprint density at radius 1 is 1.28 bits per heavy atom. The summed E-state index contributed by atoms with van der Waals surface area (Å²) >= 11 is 1.66. The molecule has 0 saturated heterocycles. The van der Waals surface area contributed by atoms with Crippen molar-refractivity contribution in [3.8, 4) is 6.07 Å². The van der Waals surface area contributed by atoms with Gasteiger partial charge in [-0.15, -0.1) is 11.8 Å². The molecule has 0 aliphatic heterocycles. The molecule has 0 unspecified atom stereocenters. The summed E-state index contributed by atoms with van der Waals surface area (Å²) in [6.07, 6.45) is 2.47. The van der Waals surface area contributed by atoms with Gasteiger partial charge in [0.2, 0.25) is 0 Å². The molecule has 0 atom stereocenters. The third-order valence-electron chi connectivity index (χ3n) is 2.36. The fraction of sp³-hybridized carbons (Fsp3) is 0.0714. The van der Waals surface area contributed by atoms with E-state index in [0.717, 1.165) is 22.5 Å². The molecule has 2 rings (SSSR count). The van der Waals surface area contributed by atoms with Gasteiger partial charge in [0.1, 0.15) is 18.0 Å². The molecule has 1 aromatic heterocycles. The molecule has 0 saturated carbocycles. The summed E-state index contributed by atoms with van der Waals surface area (Å²) < 4.78 is 0. The summed E-state index contributed by atoms with van der Waals surface area (Å²) in [5, 5.41) is 8.75. The molecule has 0 fully saturated rings.